The summed E-state index contributed by atoms with van der Waals surface area (Å²) >= 11 is 3.30. The Bertz CT molecular complexity index is 3120. The zero-order valence-corrected chi connectivity index (χ0v) is 43.0. The molecule has 0 aliphatic rings. The van der Waals surface area contributed by atoms with E-state index in [-0.39, 0.29) is 40.4 Å². The molecule has 370 valence electrons. The summed E-state index contributed by atoms with van der Waals surface area (Å²) in [6.07, 6.45) is 3.06. The summed E-state index contributed by atoms with van der Waals surface area (Å²) in [7, 11) is -5.28. The minimum atomic E-state index is -4.13. The molecule has 0 bridgehead atoms. The Hall–Kier alpha value is -6.57. The van der Waals surface area contributed by atoms with Crippen LogP contribution in [0.1, 0.15) is 79.8 Å². The number of aromatic nitrogens is 2. The molecule has 0 fully saturated rings. The second-order valence-electron chi connectivity index (χ2n) is 16.7. The Kier molecular flexibility index (Phi) is 18.5. The minimum absolute atomic E-state index is 0.0151. The zero-order valence-electron chi connectivity index (χ0n) is 39.8. The van der Waals surface area contributed by atoms with Crippen LogP contribution in [-0.4, -0.2) is 65.3 Å². The lowest BCUT2D eigenvalue weighted by molar-refractivity contribution is -0.119. The minimum Gasteiger partial charge on any atom is -0.481 e. The topological polar surface area (TPSA) is 200 Å². The zero-order chi connectivity index (χ0) is 51.5. The van der Waals surface area contributed by atoms with Gasteiger partial charge in [0.15, 0.2) is 0 Å². The van der Waals surface area contributed by atoms with Crippen molar-refractivity contribution in [3.8, 4) is 34.0 Å². The van der Waals surface area contributed by atoms with Crippen LogP contribution in [-0.2, 0) is 53.7 Å². The van der Waals surface area contributed by atoms with E-state index in [1.54, 1.807) is 55.5 Å². The number of nitrogens with zero attached hydrogens (tertiary/aromatic N) is 2. The van der Waals surface area contributed by atoms with Crippen molar-refractivity contribution >= 4 is 53.7 Å². The summed E-state index contributed by atoms with van der Waals surface area (Å²) in [6.45, 7) is 11.0. The molecule has 6 aromatic rings. The number of benzene rings is 4. The van der Waals surface area contributed by atoms with E-state index in [1.165, 1.54) is 76.0 Å². The summed E-state index contributed by atoms with van der Waals surface area (Å²) in [5, 5.41) is 2.68. The highest BCUT2D eigenvalue weighted by Crippen LogP contribution is 2.35. The predicted molar refractivity (Wildman–Crippen MR) is 266 cm³/mol. The van der Waals surface area contributed by atoms with Gasteiger partial charge in [0.05, 0.1) is 36.9 Å². The first kappa shape index (κ1) is 54.4. The standard InChI is InChI=1S/C27H30FN3O5S.C24H24BrFN2O4S/c1-17(2)23-14-21(28)15-24(20-10-12-30-27(13-20)36-4)25(23)16-26(33)31-37(34,35)22-7-5-19(6-8-22)9-11-29-18(3)32;1-14(2)19-11-18(26)12-20(16-7-8-27-24(10-16)32-4)21(19)13-23(29)28-33(30,31)22-6-5-17(25)9-15(22)3/h5-8,10,12-15,17H,9,11,16H2,1-4H3,(H,29,32)(H,31,33);5-12,14H,13H2,1-4H3,(H,28,29). The smallest absolute Gasteiger partial charge is 0.264 e. The highest BCUT2D eigenvalue weighted by atomic mass is 79.9. The SMILES string of the molecule is COc1cc(-c2cc(F)cc(C(C)C)c2CC(=O)NS(=O)(=O)c2ccc(Br)cc2C)ccn1.COc1cc(-c2cc(F)cc(C(C)C)c2CC(=O)NS(=O)(=O)c2ccc(CCNC(C)=O)cc2)ccn1. The number of carbonyl (C=O) groups is 3. The van der Waals surface area contributed by atoms with E-state index < -0.39 is 43.5 Å². The highest BCUT2D eigenvalue weighted by Gasteiger charge is 2.25. The van der Waals surface area contributed by atoms with Crippen molar-refractivity contribution in [3.05, 3.63) is 153 Å². The van der Waals surface area contributed by atoms with Gasteiger partial charge < -0.3 is 14.8 Å². The van der Waals surface area contributed by atoms with Crippen LogP contribution in [0.5, 0.6) is 11.8 Å². The number of halogens is 3. The number of nitrogens with one attached hydrogen (secondary N) is 3. The first-order valence-electron chi connectivity index (χ1n) is 21.9. The van der Waals surface area contributed by atoms with Crippen LogP contribution in [0, 0.1) is 18.6 Å². The van der Waals surface area contributed by atoms with Crippen molar-refractivity contribution in [2.75, 3.05) is 20.8 Å². The molecule has 0 saturated carbocycles. The molecule has 3 amide bonds. The molecule has 0 spiro atoms. The summed E-state index contributed by atoms with van der Waals surface area (Å²) in [5.41, 5.74) is 5.75. The molecule has 3 N–H and O–H groups in total. The van der Waals surface area contributed by atoms with Crippen LogP contribution in [0.15, 0.2) is 118 Å². The number of hydrogen-bond acceptors (Lipinski definition) is 11. The molecule has 6 rings (SSSR count). The van der Waals surface area contributed by atoms with Gasteiger partial charge in [-0.3, -0.25) is 14.4 Å². The molecule has 0 radical (unpaired) electrons. The summed E-state index contributed by atoms with van der Waals surface area (Å²) in [5.74, 6) is -2.08. The third-order valence-corrected chi connectivity index (χ3v) is 14.3. The number of pyridine rings is 2. The number of sulfonamides is 2. The van der Waals surface area contributed by atoms with Gasteiger partial charge in [0, 0.05) is 42.5 Å². The van der Waals surface area contributed by atoms with Crippen LogP contribution < -0.4 is 24.2 Å². The van der Waals surface area contributed by atoms with Gasteiger partial charge in [0.1, 0.15) is 11.6 Å². The van der Waals surface area contributed by atoms with Crippen LogP contribution in [0.3, 0.4) is 0 Å². The number of hydrogen-bond donors (Lipinski definition) is 3. The molecule has 0 aliphatic heterocycles. The monoisotopic (exact) mass is 1060 g/mol. The number of amides is 3. The number of ether oxygens (including phenoxy) is 2. The molecular weight excluding hydrogens is 1010 g/mol. The third-order valence-electron chi connectivity index (χ3n) is 10.9. The van der Waals surface area contributed by atoms with Crippen molar-refractivity contribution < 1.29 is 49.5 Å². The van der Waals surface area contributed by atoms with Gasteiger partial charge >= 0.3 is 0 Å². The number of aryl methyl sites for hydroxylation is 1. The predicted octanol–water partition coefficient (Wildman–Crippen LogP) is 8.88. The number of carbonyl (C=O) groups excluding carboxylic acids is 3. The lowest BCUT2D eigenvalue weighted by atomic mass is 9.88. The maximum atomic E-state index is 14.6. The lowest BCUT2D eigenvalue weighted by Gasteiger charge is -2.18. The summed E-state index contributed by atoms with van der Waals surface area (Å²) in [6, 6.07) is 22.8. The van der Waals surface area contributed by atoms with E-state index >= 15 is 0 Å². The van der Waals surface area contributed by atoms with Crippen LogP contribution in [0.4, 0.5) is 8.78 Å². The van der Waals surface area contributed by atoms with Gasteiger partial charge in [-0.1, -0.05) is 55.8 Å². The molecule has 70 heavy (non-hydrogen) atoms. The van der Waals surface area contributed by atoms with Gasteiger partial charge in [-0.25, -0.2) is 45.0 Å². The van der Waals surface area contributed by atoms with Gasteiger partial charge in [-0.05, 0) is 148 Å². The van der Waals surface area contributed by atoms with Gasteiger partial charge in [0.2, 0.25) is 29.5 Å². The molecule has 4 aromatic carbocycles. The van der Waals surface area contributed by atoms with Crippen LogP contribution >= 0.6 is 15.9 Å². The second-order valence-corrected chi connectivity index (χ2v) is 21.0. The Morgan fingerprint density at radius 2 is 1.13 bits per heavy atom. The average molecular weight is 1060 g/mol. The molecule has 14 nitrogen and oxygen atoms in total. The maximum Gasteiger partial charge on any atom is 0.264 e. The molecule has 2 heterocycles. The van der Waals surface area contributed by atoms with Crippen LogP contribution in [0.25, 0.3) is 22.3 Å². The highest BCUT2D eigenvalue weighted by molar-refractivity contribution is 9.10. The van der Waals surface area contributed by atoms with Crippen molar-refractivity contribution in [2.45, 2.75) is 82.4 Å². The Balaban J connectivity index is 0.000000262. The number of rotatable bonds is 17. The Morgan fingerprint density at radius 3 is 1.56 bits per heavy atom. The van der Waals surface area contributed by atoms with Gasteiger partial charge in [-0.2, -0.15) is 0 Å². The molecule has 19 heteroatoms. The van der Waals surface area contributed by atoms with E-state index in [1.807, 2.05) is 27.7 Å². The first-order valence-corrected chi connectivity index (χ1v) is 25.6. The molecule has 2 aromatic heterocycles. The normalized spacial score (nSPS) is 11.4. The van der Waals surface area contributed by atoms with Gasteiger partial charge in [0.25, 0.3) is 20.0 Å². The molecule has 0 atom stereocenters. The van der Waals surface area contributed by atoms with E-state index in [0.29, 0.717) is 74.8 Å². The lowest BCUT2D eigenvalue weighted by Crippen LogP contribution is -2.32. The van der Waals surface area contributed by atoms with E-state index in [2.05, 4.69) is 40.7 Å². The fourth-order valence-electron chi connectivity index (χ4n) is 7.57. The first-order chi connectivity index (χ1) is 33.0. The summed E-state index contributed by atoms with van der Waals surface area (Å²) < 4.78 is 95.9. The van der Waals surface area contributed by atoms with E-state index in [9.17, 15) is 40.0 Å². The van der Waals surface area contributed by atoms with Crippen LogP contribution in [0.2, 0.25) is 0 Å². The summed E-state index contributed by atoms with van der Waals surface area (Å²) in [4.78, 5) is 45.0. The Morgan fingerprint density at radius 1 is 0.657 bits per heavy atom. The van der Waals surface area contributed by atoms with Crippen molar-refractivity contribution in [1.29, 1.82) is 0 Å². The molecule has 0 saturated heterocycles. The number of methoxy groups -OCH3 is 2. The van der Waals surface area contributed by atoms with Gasteiger partial charge in [-0.15, -0.1) is 0 Å². The van der Waals surface area contributed by atoms with Crippen molar-refractivity contribution in [3.63, 3.8) is 0 Å². The van der Waals surface area contributed by atoms with Crippen molar-refractivity contribution in [1.82, 2.24) is 24.7 Å². The second kappa shape index (κ2) is 23.8. The third kappa shape index (κ3) is 14.5. The maximum absolute atomic E-state index is 14.6. The Labute approximate surface area is 415 Å². The molecule has 0 aliphatic carbocycles. The van der Waals surface area contributed by atoms with E-state index in [0.717, 1.165) is 10.0 Å². The van der Waals surface area contributed by atoms with E-state index in [4.69, 9.17) is 9.47 Å². The molecular formula is C51H54BrF2N5O9S2. The average Bonchev–Trinajstić information content (AvgIpc) is 3.29. The quantitative estimate of drug-likeness (QED) is 0.0788. The molecule has 0 unspecified atom stereocenters. The largest absolute Gasteiger partial charge is 0.481 e. The van der Waals surface area contributed by atoms with Crippen molar-refractivity contribution in [2.24, 2.45) is 0 Å². The fourth-order valence-corrected chi connectivity index (χ4v) is 10.2. The fraction of sp³-hybridized carbons (Fsp3) is 0.275.